The molecule has 1 aliphatic heterocycles. The SMILES string of the molecule is Cc1[nH]c2ccc(F)cc2c1CC(=O)N1CCC[C@H]1c1ccc(Cc2ccccc2)cn1. The van der Waals surface area contributed by atoms with Crippen molar-refractivity contribution in [3.05, 3.63) is 101 Å². The summed E-state index contributed by atoms with van der Waals surface area (Å²) in [6.45, 7) is 2.67. The highest BCUT2D eigenvalue weighted by Gasteiger charge is 2.31. The van der Waals surface area contributed by atoms with E-state index < -0.39 is 0 Å². The Kier molecular flexibility index (Phi) is 5.48. The lowest BCUT2D eigenvalue weighted by Crippen LogP contribution is -2.32. The molecule has 3 heterocycles. The lowest BCUT2D eigenvalue weighted by Gasteiger charge is -2.24. The van der Waals surface area contributed by atoms with Crippen molar-refractivity contribution in [2.24, 2.45) is 0 Å². The molecule has 162 valence electrons. The Morgan fingerprint density at radius 1 is 1.12 bits per heavy atom. The summed E-state index contributed by atoms with van der Waals surface area (Å²) in [6, 6.07) is 19.2. The number of nitrogens with zero attached hydrogens (tertiary/aromatic N) is 2. The number of halogens is 1. The molecule has 1 N–H and O–H groups in total. The Hall–Kier alpha value is -3.47. The zero-order valence-electron chi connectivity index (χ0n) is 18.1. The van der Waals surface area contributed by atoms with Crippen molar-refractivity contribution in [3.8, 4) is 0 Å². The van der Waals surface area contributed by atoms with Gasteiger partial charge in [-0.1, -0.05) is 36.4 Å². The van der Waals surface area contributed by atoms with Crippen molar-refractivity contribution in [1.29, 1.82) is 0 Å². The number of hydrogen-bond donors (Lipinski definition) is 1. The molecule has 2 aromatic heterocycles. The molecule has 1 fully saturated rings. The van der Waals surface area contributed by atoms with Crippen LogP contribution >= 0.6 is 0 Å². The summed E-state index contributed by atoms with van der Waals surface area (Å²) in [7, 11) is 0. The summed E-state index contributed by atoms with van der Waals surface area (Å²) < 4.78 is 13.8. The number of benzene rings is 2. The second-order valence-corrected chi connectivity index (χ2v) is 8.59. The molecule has 1 atom stereocenters. The van der Waals surface area contributed by atoms with Crippen molar-refractivity contribution < 1.29 is 9.18 Å². The quantitative estimate of drug-likeness (QED) is 0.457. The van der Waals surface area contributed by atoms with E-state index in [0.29, 0.717) is 0 Å². The first kappa shape index (κ1) is 20.4. The van der Waals surface area contributed by atoms with Gasteiger partial charge in [-0.3, -0.25) is 9.78 Å². The van der Waals surface area contributed by atoms with Gasteiger partial charge in [-0.2, -0.15) is 0 Å². The molecule has 4 nitrogen and oxygen atoms in total. The van der Waals surface area contributed by atoms with E-state index in [1.54, 1.807) is 6.07 Å². The number of H-pyrrole nitrogens is 1. The van der Waals surface area contributed by atoms with Crippen LogP contribution in [-0.2, 0) is 17.6 Å². The zero-order chi connectivity index (χ0) is 22.1. The summed E-state index contributed by atoms with van der Waals surface area (Å²) in [6.07, 6.45) is 4.91. The number of nitrogens with one attached hydrogen (secondary N) is 1. The van der Waals surface area contributed by atoms with E-state index in [9.17, 15) is 9.18 Å². The average Bonchev–Trinajstić information content (AvgIpc) is 3.40. The number of carbonyl (C=O) groups is 1. The fraction of sp³-hybridized carbons (Fsp3) is 0.259. The molecular formula is C27H26FN3O. The Labute approximate surface area is 187 Å². The highest BCUT2D eigenvalue weighted by Crippen LogP contribution is 2.32. The molecule has 5 rings (SSSR count). The van der Waals surface area contributed by atoms with E-state index in [0.717, 1.165) is 59.2 Å². The van der Waals surface area contributed by atoms with Crippen molar-refractivity contribution >= 4 is 16.8 Å². The van der Waals surface area contributed by atoms with Crippen LogP contribution in [0.15, 0.2) is 66.9 Å². The number of aromatic amines is 1. The first-order chi connectivity index (χ1) is 15.6. The molecule has 0 radical (unpaired) electrons. The highest BCUT2D eigenvalue weighted by molar-refractivity contribution is 5.90. The maximum absolute atomic E-state index is 13.8. The minimum atomic E-state index is -0.288. The van der Waals surface area contributed by atoms with Crippen LogP contribution in [0, 0.1) is 12.7 Å². The molecule has 0 aliphatic carbocycles. The number of amides is 1. The molecule has 0 spiro atoms. The molecule has 0 bridgehead atoms. The first-order valence-electron chi connectivity index (χ1n) is 11.1. The Bertz CT molecular complexity index is 1250. The Balaban J connectivity index is 1.33. The molecule has 2 aromatic carbocycles. The monoisotopic (exact) mass is 427 g/mol. The Morgan fingerprint density at radius 3 is 2.75 bits per heavy atom. The summed E-state index contributed by atoms with van der Waals surface area (Å²) in [5, 5.41) is 0.787. The van der Waals surface area contributed by atoms with Gasteiger partial charge in [0.25, 0.3) is 0 Å². The normalized spacial score (nSPS) is 16.1. The number of likely N-dealkylation sites (tertiary alicyclic amines) is 1. The predicted octanol–water partition coefficient (Wildman–Crippen LogP) is 5.51. The minimum absolute atomic E-state index is 0.00414. The highest BCUT2D eigenvalue weighted by atomic mass is 19.1. The van der Waals surface area contributed by atoms with E-state index in [-0.39, 0.29) is 24.2 Å². The van der Waals surface area contributed by atoms with Gasteiger partial charge in [0.2, 0.25) is 5.91 Å². The summed E-state index contributed by atoms with van der Waals surface area (Å²) >= 11 is 0. The number of aromatic nitrogens is 2. The van der Waals surface area contributed by atoms with Crippen LogP contribution in [0.2, 0.25) is 0 Å². The predicted molar refractivity (Wildman–Crippen MR) is 124 cm³/mol. The van der Waals surface area contributed by atoms with Gasteiger partial charge < -0.3 is 9.88 Å². The average molecular weight is 428 g/mol. The minimum Gasteiger partial charge on any atom is -0.358 e. The van der Waals surface area contributed by atoms with Crippen LogP contribution in [0.5, 0.6) is 0 Å². The third-order valence-corrected chi connectivity index (χ3v) is 6.42. The van der Waals surface area contributed by atoms with Crippen LogP contribution in [0.3, 0.4) is 0 Å². The number of rotatable bonds is 5. The van der Waals surface area contributed by atoms with Crippen molar-refractivity contribution in [1.82, 2.24) is 14.9 Å². The van der Waals surface area contributed by atoms with Crippen LogP contribution in [0.25, 0.3) is 10.9 Å². The second kappa shape index (κ2) is 8.58. The molecule has 5 heteroatoms. The molecule has 32 heavy (non-hydrogen) atoms. The fourth-order valence-corrected chi connectivity index (χ4v) is 4.78. The third kappa shape index (κ3) is 4.03. The molecular weight excluding hydrogens is 401 g/mol. The van der Waals surface area contributed by atoms with Gasteiger partial charge in [0.05, 0.1) is 18.2 Å². The summed E-state index contributed by atoms with van der Waals surface area (Å²) in [4.78, 5) is 23.2. The van der Waals surface area contributed by atoms with E-state index in [4.69, 9.17) is 4.98 Å². The molecule has 1 amide bonds. The van der Waals surface area contributed by atoms with Gasteiger partial charge in [-0.15, -0.1) is 0 Å². The van der Waals surface area contributed by atoms with Gasteiger partial charge in [-0.05, 0) is 67.1 Å². The largest absolute Gasteiger partial charge is 0.358 e. The van der Waals surface area contributed by atoms with Crippen molar-refractivity contribution in [3.63, 3.8) is 0 Å². The van der Waals surface area contributed by atoms with Crippen molar-refractivity contribution in [2.75, 3.05) is 6.54 Å². The van der Waals surface area contributed by atoms with Gasteiger partial charge in [0.15, 0.2) is 0 Å². The van der Waals surface area contributed by atoms with Crippen molar-refractivity contribution in [2.45, 2.75) is 38.6 Å². The number of aryl methyl sites for hydroxylation is 1. The maximum Gasteiger partial charge on any atom is 0.227 e. The molecule has 4 aromatic rings. The standard InChI is InChI=1S/C27H26FN3O/c1-18-22(23-15-21(28)10-12-24(23)30-18)16-27(32)31-13-5-8-26(31)25-11-9-20(17-29-25)14-19-6-3-2-4-7-19/h2-4,6-7,9-12,15,17,26,30H,5,8,13-14,16H2,1H3/t26-/m0/s1. The molecule has 1 saturated heterocycles. The maximum atomic E-state index is 13.8. The molecule has 1 aliphatic rings. The number of fused-ring (bicyclic) bond motifs is 1. The van der Waals surface area contributed by atoms with E-state index in [1.807, 2.05) is 36.2 Å². The second-order valence-electron chi connectivity index (χ2n) is 8.59. The van der Waals surface area contributed by atoms with Gasteiger partial charge in [0, 0.05) is 29.3 Å². The number of hydrogen-bond acceptors (Lipinski definition) is 2. The number of pyridine rings is 1. The third-order valence-electron chi connectivity index (χ3n) is 6.42. The lowest BCUT2D eigenvalue weighted by atomic mass is 10.0. The summed E-state index contributed by atoms with van der Waals surface area (Å²) in [5.41, 5.74) is 6.01. The van der Waals surface area contributed by atoms with Crippen LogP contribution in [0.1, 0.15) is 47.0 Å². The van der Waals surface area contributed by atoms with Gasteiger partial charge >= 0.3 is 0 Å². The zero-order valence-corrected chi connectivity index (χ0v) is 18.1. The fourth-order valence-electron chi connectivity index (χ4n) is 4.78. The smallest absolute Gasteiger partial charge is 0.227 e. The van der Waals surface area contributed by atoms with E-state index >= 15 is 0 Å². The van der Waals surface area contributed by atoms with Gasteiger partial charge in [-0.25, -0.2) is 4.39 Å². The van der Waals surface area contributed by atoms with E-state index in [2.05, 4.69) is 29.2 Å². The number of carbonyl (C=O) groups excluding carboxylic acids is 1. The van der Waals surface area contributed by atoms with Crippen LogP contribution in [-0.4, -0.2) is 27.3 Å². The topological polar surface area (TPSA) is 49.0 Å². The first-order valence-corrected chi connectivity index (χ1v) is 11.1. The van der Waals surface area contributed by atoms with E-state index in [1.165, 1.54) is 17.7 Å². The van der Waals surface area contributed by atoms with Crippen LogP contribution in [0.4, 0.5) is 4.39 Å². The van der Waals surface area contributed by atoms with Crippen LogP contribution < -0.4 is 0 Å². The molecule has 0 unspecified atom stereocenters. The lowest BCUT2D eigenvalue weighted by molar-refractivity contribution is -0.131. The summed E-state index contributed by atoms with van der Waals surface area (Å²) in [5.74, 6) is -0.222. The Morgan fingerprint density at radius 2 is 1.97 bits per heavy atom. The molecule has 0 saturated carbocycles. The van der Waals surface area contributed by atoms with Gasteiger partial charge in [0.1, 0.15) is 5.82 Å².